The average molecular weight is 343 g/mol. The molecule has 25 heavy (non-hydrogen) atoms. The lowest BCUT2D eigenvalue weighted by molar-refractivity contribution is -0.124. The smallest absolute Gasteiger partial charge is 0.254 e. The molecule has 0 spiro atoms. The Morgan fingerprint density at radius 2 is 2.20 bits per heavy atom. The number of aromatic nitrogens is 4. The van der Waals surface area contributed by atoms with Gasteiger partial charge in [0.15, 0.2) is 5.65 Å². The van der Waals surface area contributed by atoms with Crippen molar-refractivity contribution in [2.45, 2.75) is 26.5 Å². The maximum Gasteiger partial charge on any atom is 0.254 e. The van der Waals surface area contributed by atoms with E-state index < -0.39 is 6.10 Å². The number of hydrogen-bond acceptors (Lipinski definition) is 5. The Balaban J connectivity index is 1.90. The van der Waals surface area contributed by atoms with Gasteiger partial charge in [0.2, 0.25) is 0 Å². The molecule has 2 N–H and O–H groups in total. The molecule has 8 heteroatoms. The van der Waals surface area contributed by atoms with Gasteiger partial charge in [0.25, 0.3) is 5.91 Å². The van der Waals surface area contributed by atoms with Crippen molar-refractivity contribution in [3.63, 3.8) is 0 Å². The van der Waals surface area contributed by atoms with Gasteiger partial charge in [-0.15, -0.1) is 0 Å². The van der Waals surface area contributed by atoms with Gasteiger partial charge >= 0.3 is 0 Å². The van der Waals surface area contributed by atoms with Crippen molar-refractivity contribution in [1.29, 1.82) is 0 Å². The van der Waals surface area contributed by atoms with Crippen molar-refractivity contribution in [1.82, 2.24) is 20.0 Å². The second-order valence-electron chi connectivity index (χ2n) is 5.76. The number of nitrogens with zero attached hydrogens (tertiary/aromatic N) is 3. The number of anilines is 1. The fraction of sp³-hybridized carbons (Fsp3) is 0.353. The lowest BCUT2D eigenvalue weighted by Gasteiger charge is -2.08. The number of carbonyl (C=O) groups is 1. The molecule has 1 aromatic carbocycles. The van der Waals surface area contributed by atoms with E-state index in [0.29, 0.717) is 18.0 Å². The zero-order valence-corrected chi connectivity index (χ0v) is 14.7. The van der Waals surface area contributed by atoms with Gasteiger partial charge in [0, 0.05) is 7.11 Å². The Morgan fingerprint density at radius 3 is 2.92 bits per heavy atom. The van der Waals surface area contributed by atoms with E-state index in [0.717, 1.165) is 22.4 Å². The van der Waals surface area contributed by atoms with E-state index in [-0.39, 0.29) is 5.91 Å². The van der Waals surface area contributed by atoms with E-state index in [1.54, 1.807) is 18.7 Å². The minimum Gasteiger partial charge on any atom is -0.497 e. The van der Waals surface area contributed by atoms with Gasteiger partial charge in [-0.2, -0.15) is 10.2 Å². The van der Waals surface area contributed by atoms with Crippen LogP contribution in [0.3, 0.4) is 0 Å². The van der Waals surface area contributed by atoms with E-state index >= 15 is 0 Å². The molecule has 0 saturated carbocycles. The number of H-pyrrole nitrogens is 1. The molecule has 0 saturated heterocycles. The van der Waals surface area contributed by atoms with Gasteiger partial charge in [-0.25, -0.2) is 4.68 Å². The van der Waals surface area contributed by atoms with Crippen LogP contribution in [0.2, 0.25) is 0 Å². The SMILES string of the molecule is COc1cccc(Cn2nc(C)c3c(NC(=O)[C@@H](C)OC)[nH]nc32)c1. The number of aryl methyl sites for hydroxylation is 1. The molecule has 132 valence electrons. The van der Waals surface area contributed by atoms with Crippen molar-refractivity contribution < 1.29 is 14.3 Å². The van der Waals surface area contributed by atoms with Crippen molar-refractivity contribution >= 4 is 22.8 Å². The number of carbonyl (C=O) groups excluding carboxylic acids is 1. The number of amides is 1. The first kappa shape index (κ1) is 17.0. The van der Waals surface area contributed by atoms with Gasteiger partial charge in [0.1, 0.15) is 17.7 Å². The number of benzene rings is 1. The quantitative estimate of drug-likeness (QED) is 0.715. The third-order valence-corrected chi connectivity index (χ3v) is 4.06. The summed E-state index contributed by atoms with van der Waals surface area (Å²) in [6.45, 7) is 4.12. The fourth-order valence-corrected chi connectivity index (χ4v) is 2.62. The van der Waals surface area contributed by atoms with Crippen LogP contribution in [0.25, 0.3) is 11.0 Å². The maximum absolute atomic E-state index is 12.0. The highest BCUT2D eigenvalue weighted by Gasteiger charge is 2.19. The fourth-order valence-electron chi connectivity index (χ4n) is 2.62. The summed E-state index contributed by atoms with van der Waals surface area (Å²) in [5.74, 6) is 1.08. The molecule has 0 radical (unpaired) electrons. The summed E-state index contributed by atoms with van der Waals surface area (Å²) in [6.07, 6.45) is -0.550. The standard InChI is InChI=1S/C17H21N5O3/c1-10-14-15(18-17(23)11(2)24-3)19-20-16(14)22(21-10)9-12-6-5-7-13(8-12)25-4/h5-8,11H,9H2,1-4H3,(H2,18,19,20,23)/t11-/m1/s1. The Labute approximate surface area is 145 Å². The third kappa shape index (κ3) is 3.34. The molecule has 3 rings (SSSR count). The van der Waals surface area contributed by atoms with Crippen LogP contribution < -0.4 is 10.1 Å². The van der Waals surface area contributed by atoms with Crippen LogP contribution >= 0.6 is 0 Å². The predicted molar refractivity (Wildman–Crippen MR) is 93.8 cm³/mol. The van der Waals surface area contributed by atoms with Gasteiger partial charge in [-0.3, -0.25) is 9.89 Å². The molecule has 0 fully saturated rings. The molecule has 0 aliphatic rings. The van der Waals surface area contributed by atoms with E-state index in [4.69, 9.17) is 9.47 Å². The van der Waals surface area contributed by atoms with Gasteiger partial charge in [0.05, 0.1) is 24.7 Å². The summed E-state index contributed by atoms with van der Waals surface area (Å²) in [5, 5.41) is 15.3. The van der Waals surface area contributed by atoms with Crippen molar-refractivity contribution in [2.75, 3.05) is 19.5 Å². The van der Waals surface area contributed by atoms with E-state index in [9.17, 15) is 4.79 Å². The molecule has 0 aliphatic carbocycles. The first-order valence-electron chi connectivity index (χ1n) is 7.91. The van der Waals surface area contributed by atoms with Gasteiger partial charge in [-0.1, -0.05) is 12.1 Å². The number of fused-ring (bicyclic) bond motifs is 1. The second kappa shape index (κ2) is 6.94. The normalized spacial score (nSPS) is 12.3. The van der Waals surface area contributed by atoms with Crippen LogP contribution in [0.1, 0.15) is 18.2 Å². The van der Waals surface area contributed by atoms with E-state index in [2.05, 4.69) is 20.6 Å². The summed E-state index contributed by atoms with van der Waals surface area (Å²) in [4.78, 5) is 12.0. The van der Waals surface area contributed by atoms with Crippen LogP contribution in [0.15, 0.2) is 24.3 Å². The number of rotatable bonds is 6. The molecule has 2 heterocycles. The summed E-state index contributed by atoms with van der Waals surface area (Å²) in [5.41, 5.74) is 2.51. The third-order valence-electron chi connectivity index (χ3n) is 4.06. The average Bonchev–Trinajstić information content (AvgIpc) is 3.16. The highest BCUT2D eigenvalue weighted by molar-refractivity contribution is 6.01. The zero-order valence-electron chi connectivity index (χ0n) is 14.7. The van der Waals surface area contributed by atoms with Crippen LogP contribution in [0.5, 0.6) is 5.75 Å². The molecule has 1 amide bonds. The minimum absolute atomic E-state index is 0.243. The van der Waals surface area contributed by atoms with Crippen molar-refractivity contribution in [3.8, 4) is 5.75 Å². The lowest BCUT2D eigenvalue weighted by atomic mass is 10.2. The van der Waals surface area contributed by atoms with Gasteiger partial charge in [-0.05, 0) is 31.5 Å². The number of methoxy groups -OCH3 is 2. The van der Waals surface area contributed by atoms with Crippen molar-refractivity contribution in [3.05, 3.63) is 35.5 Å². The largest absolute Gasteiger partial charge is 0.497 e. The number of hydrogen-bond donors (Lipinski definition) is 2. The molecule has 2 aromatic heterocycles. The molecule has 0 aliphatic heterocycles. The summed E-state index contributed by atoms with van der Waals surface area (Å²) >= 11 is 0. The van der Waals surface area contributed by atoms with Crippen molar-refractivity contribution in [2.24, 2.45) is 0 Å². The molecule has 0 bridgehead atoms. The highest BCUT2D eigenvalue weighted by atomic mass is 16.5. The van der Waals surface area contributed by atoms with Gasteiger partial charge < -0.3 is 14.8 Å². The number of ether oxygens (including phenoxy) is 2. The molecule has 1 atom stereocenters. The first-order chi connectivity index (χ1) is 12.0. The topological polar surface area (TPSA) is 94.1 Å². The van der Waals surface area contributed by atoms with Crippen LogP contribution in [0.4, 0.5) is 5.82 Å². The van der Waals surface area contributed by atoms with E-state index in [1.807, 2.05) is 31.2 Å². The Kier molecular flexibility index (Phi) is 4.71. The molecule has 8 nitrogen and oxygen atoms in total. The first-order valence-corrected chi connectivity index (χ1v) is 7.91. The summed E-state index contributed by atoms with van der Waals surface area (Å²) < 4.78 is 12.1. The molecule has 3 aromatic rings. The monoisotopic (exact) mass is 343 g/mol. The molecular weight excluding hydrogens is 322 g/mol. The second-order valence-corrected chi connectivity index (χ2v) is 5.76. The van der Waals surface area contributed by atoms with Crippen LogP contribution in [0, 0.1) is 6.92 Å². The number of aromatic amines is 1. The van der Waals surface area contributed by atoms with Crippen LogP contribution in [-0.4, -0.2) is 46.2 Å². The summed E-state index contributed by atoms with van der Waals surface area (Å²) in [7, 11) is 3.13. The lowest BCUT2D eigenvalue weighted by Crippen LogP contribution is -2.26. The molecule has 0 unspecified atom stereocenters. The Bertz CT molecular complexity index is 899. The number of nitrogens with one attached hydrogen (secondary N) is 2. The van der Waals surface area contributed by atoms with E-state index in [1.165, 1.54) is 7.11 Å². The molecular formula is C17H21N5O3. The Morgan fingerprint density at radius 1 is 1.40 bits per heavy atom. The van der Waals surface area contributed by atoms with Crippen LogP contribution in [-0.2, 0) is 16.1 Å². The minimum atomic E-state index is -0.550. The predicted octanol–water partition coefficient (Wildman–Crippen LogP) is 2.10. The maximum atomic E-state index is 12.0. The Hall–Kier alpha value is -2.87. The highest BCUT2D eigenvalue weighted by Crippen LogP contribution is 2.25. The summed E-state index contributed by atoms with van der Waals surface area (Å²) in [6, 6.07) is 7.79. The zero-order chi connectivity index (χ0) is 18.0.